The number of aliphatic hydroxyl groups is 1. The van der Waals surface area contributed by atoms with Crippen LogP contribution in [-0.2, 0) is 6.42 Å². The average Bonchev–Trinajstić information content (AvgIpc) is 2.53. The van der Waals surface area contributed by atoms with Gasteiger partial charge in [0.2, 0.25) is 0 Å². The lowest BCUT2D eigenvalue weighted by molar-refractivity contribution is 0.171. The molecule has 21 heavy (non-hydrogen) atoms. The molecule has 0 amide bonds. The number of rotatable bonds is 7. The van der Waals surface area contributed by atoms with E-state index in [1.807, 2.05) is 12.1 Å². The smallest absolute Gasteiger partial charge is 0.123 e. The number of hydrogen-bond acceptors (Lipinski definition) is 3. The zero-order chi connectivity index (χ0) is 15.1. The summed E-state index contributed by atoms with van der Waals surface area (Å²) in [5.74, 6) is -0.167. The molecule has 0 bridgehead atoms. The highest BCUT2D eigenvalue weighted by atomic mass is 19.1. The average molecular weight is 294 g/mol. The first-order valence-corrected chi connectivity index (χ1v) is 8.05. The van der Waals surface area contributed by atoms with Crippen LogP contribution in [-0.4, -0.2) is 48.3 Å². The highest BCUT2D eigenvalue weighted by molar-refractivity contribution is 5.16. The Morgan fingerprint density at radius 2 is 1.95 bits per heavy atom. The summed E-state index contributed by atoms with van der Waals surface area (Å²) < 4.78 is 12.9. The summed E-state index contributed by atoms with van der Waals surface area (Å²) in [6.07, 6.45) is 4.23. The maximum Gasteiger partial charge on any atom is 0.123 e. The van der Waals surface area contributed by atoms with Crippen molar-refractivity contribution < 1.29 is 9.50 Å². The monoisotopic (exact) mass is 294 g/mol. The molecule has 1 aliphatic heterocycles. The Morgan fingerprint density at radius 1 is 1.29 bits per heavy atom. The predicted octanol–water partition coefficient (Wildman–Crippen LogP) is 2.19. The van der Waals surface area contributed by atoms with Gasteiger partial charge >= 0.3 is 0 Å². The lowest BCUT2D eigenvalue weighted by atomic mass is 10.0. The lowest BCUT2D eigenvalue weighted by Crippen LogP contribution is -2.47. The van der Waals surface area contributed by atoms with Gasteiger partial charge in [-0.1, -0.05) is 19.1 Å². The number of piperidine rings is 1. The van der Waals surface area contributed by atoms with Gasteiger partial charge in [0.05, 0.1) is 6.61 Å². The molecular formula is C17H27FN2O. The minimum absolute atomic E-state index is 0.167. The molecule has 0 spiro atoms. The Hall–Kier alpha value is -0.970. The maximum absolute atomic E-state index is 12.9. The second-order valence-corrected chi connectivity index (χ2v) is 5.95. The maximum atomic E-state index is 12.9. The number of benzene rings is 1. The number of nitrogens with one attached hydrogen (secondary N) is 1. The molecule has 1 aliphatic rings. The fourth-order valence-corrected chi connectivity index (χ4v) is 2.89. The molecule has 1 atom stereocenters. The van der Waals surface area contributed by atoms with Crippen LogP contribution in [0.1, 0.15) is 31.7 Å². The van der Waals surface area contributed by atoms with Gasteiger partial charge in [0.1, 0.15) is 5.82 Å². The molecule has 1 saturated heterocycles. The van der Waals surface area contributed by atoms with Crippen LogP contribution in [0.5, 0.6) is 0 Å². The number of nitrogens with zero attached hydrogens (tertiary/aromatic N) is 1. The SMILES string of the molecule is CCC(CO)NC1CCN(CCc2ccc(F)cc2)CC1. The first-order valence-electron chi connectivity index (χ1n) is 8.05. The molecule has 0 radical (unpaired) electrons. The fourth-order valence-electron chi connectivity index (χ4n) is 2.89. The summed E-state index contributed by atoms with van der Waals surface area (Å²) >= 11 is 0. The van der Waals surface area contributed by atoms with Crippen LogP contribution in [0.25, 0.3) is 0 Å². The van der Waals surface area contributed by atoms with Gasteiger partial charge in [0.15, 0.2) is 0 Å². The quantitative estimate of drug-likeness (QED) is 0.809. The van der Waals surface area contributed by atoms with Gasteiger partial charge in [-0.25, -0.2) is 4.39 Å². The summed E-state index contributed by atoms with van der Waals surface area (Å²) in [4.78, 5) is 2.47. The van der Waals surface area contributed by atoms with Gasteiger partial charge in [0, 0.05) is 18.6 Å². The normalized spacial score (nSPS) is 18.8. The van der Waals surface area contributed by atoms with Crippen LogP contribution in [0, 0.1) is 5.82 Å². The highest BCUT2D eigenvalue weighted by Crippen LogP contribution is 2.13. The summed E-state index contributed by atoms with van der Waals surface area (Å²) in [6, 6.07) is 7.58. The summed E-state index contributed by atoms with van der Waals surface area (Å²) in [5.41, 5.74) is 1.20. The van der Waals surface area contributed by atoms with Crippen molar-refractivity contribution in [3.63, 3.8) is 0 Å². The second kappa shape index (κ2) is 8.47. The zero-order valence-electron chi connectivity index (χ0n) is 12.9. The van der Waals surface area contributed by atoms with E-state index in [1.54, 1.807) is 0 Å². The summed E-state index contributed by atoms with van der Waals surface area (Å²) in [5, 5.41) is 12.8. The van der Waals surface area contributed by atoms with E-state index in [-0.39, 0.29) is 18.5 Å². The van der Waals surface area contributed by atoms with E-state index in [0.29, 0.717) is 6.04 Å². The van der Waals surface area contributed by atoms with E-state index in [9.17, 15) is 9.50 Å². The minimum atomic E-state index is -0.167. The third kappa shape index (κ3) is 5.38. The molecule has 1 unspecified atom stereocenters. The molecule has 0 saturated carbocycles. The van der Waals surface area contributed by atoms with Crippen molar-refractivity contribution in [1.29, 1.82) is 0 Å². The number of aliphatic hydroxyl groups excluding tert-OH is 1. The molecule has 1 fully saturated rings. The van der Waals surface area contributed by atoms with Crippen molar-refractivity contribution in [1.82, 2.24) is 10.2 Å². The number of halogens is 1. The molecule has 4 heteroatoms. The van der Waals surface area contributed by atoms with E-state index >= 15 is 0 Å². The predicted molar refractivity (Wildman–Crippen MR) is 83.9 cm³/mol. The number of likely N-dealkylation sites (tertiary alicyclic amines) is 1. The van der Waals surface area contributed by atoms with Gasteiger partial charge in [-0.2, -0.15) is 0 Å². The molecule has 118 valence electrons. The Labute approximate surface area is 127 Å². The molecule has 3 nitrogen and oxygen atoms in total. The molecular weight excluding hydrogens is 267 g/mol. The molecule has 0 aliphatic carbocycles. The zero-order valence-corrected chi connectivity index (χ0v) is 12.9. The van der Waals surface area contributed by atoms with Crippen LogP contribution < -0.4 is 5.32 Å². The third-order valence-corrected chi connectivity index (χ3v) is 4.40. The van der Waals surface area contributed by atoms with Gasteiger partial charge in [-0.3, -0.25) is 0 Å². The van der Waals surface area contributed by atoms with Crippen molar-refractivity contribution in [3.8, 4) is 0 Å². The molecule has 0 aromatic heterocycles. The first kappa shape index (κ1) is 16.4. The summed E-state index contributed by atoms with van der Waals surface area (Å²) in [6.45, 7) is 5.56. The molecule has 1 aromatic rings. The molecule has 1 aromatic carbocycles. The van der Waals surface area contributed by atoms with Crippen molar-refractivity contribution in [3.05, 3.63) is 35.6 Å². The van der Waals surface area contributed by atoms with E-state index in [2.05, 4.69) is 17.1 Å². The van der Waals surface area contributed by atoms with Crippen molar-refractivity contribution in [2.45, 2.75) is 44.7 Å². The Kier molecular flexibility index (Phi) is 6.61. The van der Waals surface area contributed by atoms with Crippen LogP contribution in [0.3, 0.4) is 0 Å². The third-order valence-electron chi connectivity index (χ3n) is 4.40. The van der Waals surface area contributed by atoms with E-state index in [0.717, 1.165) is 45.3 Å². The fraction of sp³-hybridized carbons (Fsp3) is 0.647. The van der Waals surface area contributed by atoms with Crippen LogP contribution in [0.15, 0.2) is 24.3 Å². The molecule has 2 N–H and O–H groups in total. The van der Waals surface area contributed by atoms with Crippen molar-refractivity contribution >= 4 is 0 Å². The van der Waals surface area contributed by atoms with Crippen LogP contribution >= 0.6 is 0 Å². The standard InChI is InChI=1S/C17H27FN2O/c1-2-16(13-21)19-17-8-11-20(12-9-17)10-7-14-3-5-15(18)6-4-14/h3-6,16-17,19,21H,2,7-13H2,1H3. The Bertz CT molecular complexity index is 398. The molecule has 1 heterocycles. The summed E-state index contributed by atoms with van der Waals surface area (Å²) in [7, 11) is 0. The van der Waals surface area contributed by atoms with Gasteiger partial charge in [-0.15, -0.1) is 0 Å². The van der Waals surface area contributed by atoms with Gasteiger partial charge in [0.25, 0.3) is 0 Å². The first-order chi connectivity index (χ1) is 10.2. The Morgan fingerprint density at radius 3 is 2.52 bits per heavy atom. The topological polar surface area (TPSA) is 35.5 Å². The van der Waals surface area contributed by atoms with Crippen LogP contribution in [0.4, 0.5) is 4.39 Å². The minimum Gasteiger partial charge on any atom is -0.395 e. The Balaban J connectivity index is 1.68. The van der Waals surface area contributed by atoms with Crippen molar-refractivity contribution in [2.24, 2.45) is 0 Å². The highest BCUT2D eigenvalue weighted by Gasteiger charge is 2.20. The van der Waals surface area contributed by atoms with E-state index in [4.69, 9.17) is 0 Å². The van der Waals surface area contributed by atoms with Gasteiger partial charge in [-0.05, 0) is 56.5 Å². The number of hydrogen-bond donors (Lipinski definition) is 2. The molecule has 2 rings (SSSR count). The van der Waals surface area contributed by atoms with Gasteiger partial charge < -0.3 is 15.3 Å². The van der Waals surface area contributed by atoms with E-state index < -0.39 is 0 Å². The van der Waals surface area contributed by atoms with E-state index in [1.165, 1.54) is 17.7 Å². The lowest BCUT2D eigenvalue weighted by Gasteiger charge is -2.34. The second-order valence-electron chi connectivity index (χ2n) is 5.95. The largest absolute Gasteiger partial charge is 0.395 e. The van der Waals surface area contributed by atoms with Crippen molar-refractivity contribution in [2.75, 3.05) is 26.2 Å². The van der Waals surface area contributed by atoms with Crippen LogP contribution in [0.2, 0.25) is 0 Å².